The van der Waals surface area contributed by atoms with E-state index in [9.17, 15) is 4.79 Å². The summed E-state index contributed by atoms with van der Waals surface area (Å²) < 4.78 is 1.87. The van der Waals surface area contributed by atoms with Crippen molar-refractivity contribution in [3.8, 4) is 0 Å². The van der Waals surface area contributed by atoms with Crippen LogP contribution in [0, 0.1) is 6.92 Å². The van der Waals surface area contributed by atoms with Crippen molar-refractivity contribution in [1.82, 2.24) is 25.3 Å². The van der Waals surface area contributed by atoms with Gasteiger partial charge >= 0.3 is 6.03 Å². The highest BCUT2D eigenvalue weighted by Gasteiger charge is 2.26. The lowest BCUT2D eigenvalue weighted by atomic mass is 9.92. The van der Waals surface area contributed by atoms with Crippen molar-refractivity contribution in [3.63, 3.8) is 0 Å². The van der Waals surface area contributed by atoms with Crippen molar-refractivity contribution in [2.24, 2.45) is 0 Å². The van der Waals surface area contributed by atoms with Gasteiger partial charge in [-0.1, -0.05) is 20.8 Å². The van der Waals surface area contributed by atoms with Crippen LogP contribution < -0.4 is 10.6 Å². The number of hydrogen-bond acceptors (Lipinski definition) is 3. The minimum atomic E-state index is -0.240. The van der Waals surface area contributed by atoms with Gasteiger partial charge in [-0.15, -0.1) is 0 Å². The van der Waals surface area contributed by atoms with Gasteiger partial charge in [-0.25, -0.2) is 9.48 Å². The first kappa shape index (κ1) is 20.0. The highest BCUT2D eigenvalue weighted by Crippen LogP contribution is 2.28. The van der Waals surface area contributed by atoms with Crippen molar-refractivity contribution in [1.29, 1.82) is 0 Å². The zero-order chi connectivity index (χ0) is 19.7. The second-order valence-electron chi connectivity index (χ2n) is 8.99. The summed E-state index contributed by atoms with van der Waals surface area (Å²) in [5, 5.41) is 17.8. The molecule has 2 aromatic rings. The minimum absolute atomic E-state index is 0.0363. The van der Waals surface area contributed by atoms with Gasteiger partial charge in [0.25, 0.3) is 0 Å². The molecule has 0 aliphatic rings. The normalized spacial score (nSPS) is 13.5. The Balaban J connectivity index is 2.09. The van der Waals surface area contributed by atoms with Gasteiger partial charge in [0.05, 0.1) is 16.9 Å². The summed E-state index contributed by atoms with van der Waals surface area (Å²) in [5.74, 6) is 0.697. The van der Waals surface area contributed by atoms with Crippen molar-refractivity contribution in [2.75, 3.05) is 5.32 Å². The number of carbonyl (C=O) groups excluding carboxylic acids is 1. The van der Waals surface area contributed by atoms with Crippen LogP contribution in [0.1, 0.15) is 65.5 Å². The van der Waals surface area contributed by atoms with E-state index in [0.717, 1.165) is 17.1 Å². The SMILES string of the molecule is Cc1cc(CC(C)NC(=O)Nc2cc(C(C)(C)C)nn2C(C)(C)C)n[nH]1. The zero-order valence-corrected chi connectivity index (χ0v) is 17.2. The van der Waals surface area contributed by atoms with Gasteiger partial charge in [0.1, 0.15) is 5.82 Å². The summed E-state index contributed by atoms with van der Waals surface area (Å²) in [6, 6.07) is 3.66. The third-order valence-electron chi connectivity index (χ3n) is 4.01. The summed E-state index contributed by atoms with van der Waals surface area (Å²) in [6.45, 7) is 16.5. The van der Waals surface area contributed by atoms with E-state index >= 15 is 0 Å². The maximum Gasteiger partial charge on any atom is 0.320 e. The third kappa shape index (κ3) is 5.09. The highest BCUT2D eigenvalue weighted by molar-refractivity contribution is 5.88. The molecule has 0 aliphatic carbocycles. The van der Waals surface area contributed by atoms with Crippen LogP contribution >= 0.6 is 0 Å². The van der Waals surface area contributed by atoms with E-state index in [2.05, 4.69) is 62.4 Å². The van der Waals surface area contributed by atoms with Crippen molar-refractivity contribution in [3.05, 3.63) is 29.2 Å². The summed E-state index contributed by atoms with van der Waals surface area (Å²) >= 11 is 0. The van der Waals surface area contributed by atoms with Crippen LogP contribution in [0.25, 0.3) is 0 Å². The first-order valence-electron chi connectivity index (χ1n) is 9.05. The molecular weight excluding hydrogens is 328 g/mol. The summed E-state index contributed by atoms with van der Waals surface area (Å²) in [6.07, 6.45) is 0.670. The molecule has 7 heteroatoms. The van der Waals surface area contributed by atoms with E-state index in [-0.39, 0.29) is 23.0 Å². The Morgan fingerprint density at radius 3 is 2.38 bits per heavy atom. The molecule has 0 saturated heterocycles. The molecule has 0 saturated carbocycles. The van der Waals surface area contributed by atoms with Crippen molar-refractivity contribution < 1.29 is 4.79 Å². The molecule has 0 aromatic carbocycles. The van der Waals surface area contributed by atoms with Crippen LogP contribution in [0.2, 0.25) is 0 Å². The first-order chi connectivity index (χ1) is 11.9. The van der Waals surface area contributed by atoms with Gasteiger partial charge in [0, 0.05) is 29.6 Å². The zero-order valence-electron chi connectivity index (χ0n) is 17.2. The van der Waals surface area contributed by atoms with E-state index in [1.54, 1.807) is 0 Å². The maximum absolute atomic E-state index is 12.5. The average Bonchev–Trinajstić information content (AvgIpc) is 3.04. The standard InChI is InChI=1S/C19H32N6O/c1-12(9-14-10-13(2)22-23-14)20-17(26)21-16-11-15(18(3,4)5)24-25(16)19(6,7)8/h10-12H,9H2,1-8H3,(H,22,23)(H2,20,21,26). The molecule has 0 bridgehead atoms. The lowest BCUT2D eigenvalue weighted by Gasteiger charge is -2.23. The fourth-order valence-corrected chi connectivity index (χ4v) is 2.67. The fourth-order valence-electron chi connectivity index (χ4n) is 2.67. The molecule has 1 unspecified atom stereocenters. The Kier molecular flexibility index (Phi) is 5.49. The van der Waals surface area contributed by atoms with E-state index in [1.165, 1.54) is 0 Å². The highest BCUT2D eigenvalue weighted by atomic mass is 16.2. The quantitative estimate of drug-likeness (QED) is 0.776. The lowest BCUT2D eigenvalue weighted by Crippen LogP contribution is -2.38. The van der Waals surface area contributed by atoms with Crippen molar-refractivity contribution >= 4 is 11.8 Å². The third-order valence-corrected chi connectivity index (χ3v) is 4.01. The topological polar surface area (TPSA) is 87.6 Å². The van der Waals surface area contributed by atoms with Crippen LogP contribution in [0.15, 0.2) is 12.1 Å². The number of aryl methyl sites for hydroxylation is 1. The van der Waals surface area contributed by atoms with Crippen molar-refractivity contribution in [2.45, 2.75) is 78.8 Å². The van der Waals surface area contributed by atoms with E-state index in [4.69, 9.17) is 5.10 Å². The predicted molar refractivity (Wildman–Crippen MR) is 105 cm³/mol. The van der Waals surface area contributed by atoms with E-state index in [0.29, 0.717) is 12.2 Å². The number of nitrogens with zero attached hydrogens (tertiary/aromatic N) is 3. The van der Waals surface area contributed by atoms with Crippen LogP contribution in [0.4, 0.5) is 10.6 Å². The second-order valence-corrected chi connectivity index (χ2v) is 8.99. The second kappa shape index (κ2) is 7.13. The Morgan fingerprint density at radius 1 is 1.23 bits per heavy atom. The molecule has 2 rings (SSSR count). The van der Waals surface area contributed by atoms with Gasteiger partial charge in [0.2, 0.25) is 0 Å². The number of hydrogen-bond donors (Lipinski definition) is 3. The Hall–Kier alpha value is -2.31. The number of amides is 2. The molecule has 144 valence electrons. The Morgan fingerprint density at radius 2 is 1.88 bits per heavy atom. The maximum atomic E-state index is 12.5. The minimum Gasteiger partial charge on any atom is -0.335 e. The fraction of sp³-hybridized carbons (Fsp3) is 0.632. The molecule has 26 heavy (non-hydrogen) atoms. The van der Waals surface area contributed by atoms with Crippen LogP contribution in [0.3, 0.4) is 0 Å². The molecule has 3 N–H and O–H groups in total. The van der Waals surface area contributed by atoms with Gasteiger partial charge in [-0.2, -0.15) is 10.2 Å². The van der Waals surface area contributed by atoms with Gasteiger partial charge in [0.15, 0.2) is 0 Å². The molecule has 1 atom stereocenters. The molecule has 0 radical (unpaired) electrons. The summed E-state index contributed by atoms with van der Waals surface area (Å²) in [7, 11) is 0. The lowest BCUT2D eigenvalue weighted by molar-refractivity contribution is 0.248. The molecule has 2 heterocycles. The predicted octanol–water partition coefficient (Wildman–Crippen LogP) is 3.72. The monoisotopic (exact) mass is 360 g/mol. The average molecular weight is 361 g/mol. The first-order valence-corrected chi connectivity index (χ1v) is 9.05. The largest absolute Gasteiger partial charge is 0.335 e. The number of H-pyrrole nitrogens is 1. The van der Waals surface area contributed by atoms with Crippen LogP contribution in [0.5, 0.6) is 0 Å². The molecule has 7 nitrogen and oxygen atoms in total. The molecular formula is C19H32N6O. The van der Waals surface area contributed by atoms with Gasteiger partial charge in [-0.05, 0) is 40.7 Å². The number of anilines is 1. The number of aromatic nitrogens is 4. The Bertz CT molecular complexity index is 760. The van der Waals surface area contributed by atoms with Gasteiger partial charge < -0.3 is 5.32 Å². The van der Waals surface area contributed by atoms with Crippen LogP contribution in [-0.4, -0.2) is 32.1 Å². The van der Waals surface area contributed by atoms with E-state index < -0.39 is 0 Å². The van der Waals surface area contributed by atoms with Gasteiger partial charge in [-0.3, -0.25) is 10.4 Å². The molecule has 2 aromatic heterocycles. The number of nitrogens with one attached hydrogen (secondary N) is 3. The number of rotatable bonds is 4. The molecule has 0 aliphatic heterocycles. The summed E-state index contributed by atoms with van der Waals surface area (Å²) in [4.78, 5) is 12.5. The van der Waals surface area contributed by atoms with E-state index in [1.807, 2.05) is 30.7 Å². The number of aromatic amines is 1. The summed E-state index contributed by atoms with van der Waals surface area (Å²) in [5.41, 5.74) is 2.58. The number of carbonyl (C=O) groups is 1. The number of urea groups is 1. The van der Waals surface area contributed by atoms with Crippen LogP contribution in [-0.2, 0) is 17.4 Å². The smallest absolute Gasteiger partial charge is 0.320 e. The molecule has 0 spiro atoms. The molecule has 0 fully saturated rings. The molecule has 2 amide bonds. The Labute approximate surface area is 155 Å².